The van der Waals surface area contributed by atoms with E-state index in [0.717, 1.165) is 25.2 Å². The van der Waals surface area contributed by atoms with Crippen LogP contribution in [0.2, 0.25) is 0 Å². The van der Waals surface area contributed by atoms with E-state index in [4.69, 9.17) is 9.26 Å². The Balaban J connectivity index is 1.93. The van der Waals surface area contributed by atoms with E-state index >= 15 is 0 Å². The SMILES string of the molecule is COC(=O)C1CN(Cc2cnoc2)CC1C. The van der Waals surface area contributed by atoms with Crippen molar-refractivity contribution in [2.45, 2.75) is 13.5 Å². The summed E-state index contributed by atoms with van der Waals surface area (Å²) in [6.45, 7) is 4.51. The minimum Gasteiger partial charge on any atom is -0.469 e. The zero-order valence-electron chi connectivity index (χ0n) is 9.55. The number of ether oxygens (including phenoxy) is 1. The number of esters is 1. The maximum Gasteiger partial charge on any atom is 0.310 e. The maximum atomic E-state index is 11.5. The fraction of sp³-hybridized carbons (Fsp3) is 0.636. The average molecular weight is 224 g/mol. The molecule has 1 aliphatic heterocycles. The van der Waals surface area contributed by atoms with Gasteiger partial charge in [-0.2, -0.15) is 0 Å². The lowest BCUT2D eigenvalue weighted by Crippen LogP contribution is -2.24. The Morgan fingerprint density at radius 3 is 3.12 bits per heavy atom. The summed E-state index contributed by atoms with van der Waals surface area (Å²) in [5, 5.41) is 3.66. The molecule has 0 spiro atoms. The predicted molar refractivity (Wildman–Crippen MR) is 56.5 cm³/mol. The second-order valence-corrected chi connectivity index (χ2v) is 4.33. The smallest absolute Gasteiger partial charge is 0.310 e. The topological polar surface area (TPSA) is 55.6 Å². The minimum atomic E-state index is -0.111. The molecule has 0 amide bonds. The molecular weight excluding hydrogens is 208 g/mol. The van der Waals surface area contributed by atoms with Crippen LogP contribution in [-0.4, -0.2) is 36.2 Å². The van der Waals surface area contributed by atoms with Gasteiger partial charge in [0.25, 0.3) is 0 Å². The van der Waals surface area contributed by atoms with Crippen molar-refractivity contribution in [1.29, 1.82) is 0 Å². The third-order valence-corrected chi connectivity index (χ3v) is 3.08. The molecule has 2 rings (SSSR count). The number of carbonyl (C=O) groups excluding carboxylic acids is 1. The third kappa shape index (κ3) is 2.24. The summed E-state index contributed by atoms with van der Waals surface area (Å²) >= 11 is 0. The molecule has 16 heavy (non-hydrogen) atoms. The van der Waals surface area contributed by atoms with Gasteiger partial charge in [-0.3, -0.25) is 9.69 Å². The molecule has 1 aromatic heterocycles. The van der Waals surface area contributed by atoms with Gasteiger partial charge < -0.3 is 9.26 Å². The molecule has 1 aromatic rings. The number of rotatable bonds is 3. The highest BCUT2D eigenvalue weighted by Crippen LogP contribution is 2.25. The largest absolute Gasteiger partial charge is 0.469 e. The molecule has 1 aliphatic rings. The Kier molecular flexibility index (Phi) is 3.24. The van der Waals surface area contributed by atoms with Crippen LogP contribution >= 0.6 is 0 Å². The number of nitrogens with zero attached hydrogens (tertiary/aromatic N) is 2. The standard InChI is InChI=1S/C11H16N2O3/c1-8-4-13(5-9-3-12-16-7-9)6-10(8)11(14)15-2/h3,7-8,10H,4-6H2,1-2H3. The summed E-state index contributed by atoms with van der Waals surface area (Å²) in [7, 11) is 1.44. The van der Waals surface area contributed by atoms with Gasteiger partial charge in [0, 0.05) is 25.2 Å². The summed E-state index contributed by atoms with van der Waals surface area (Å²) in [6, 6.07) is 0. The molecule has 5 nitrogen and oxygen atoms in total. The van der Waals surface area contributed by atoms with Gasteiger partial charge in [-0.25, -0.2) is 0 Å². The molecule has 88 valence electrons. The molecular formula is C11H16N2O3. The maximum absolute atomic E-state index is 11.5. The Labute approximate surface area is 94.3 Å². The Morgan fingerprint density at radius 2 is 2.50 bits per heavy atom. The number of carbonyl (C=O) groups is 1. The number of aromatic nitrogens is 1. The molecule has 2 atom stereocenters. The lowest BCUT2D eigenvalue weighted by molar-refractivity contribution is -0.146. The Hall–Kier alpha value is -1.36. The van der Waals surface area contributed by atoms with Crippen LogP contribution in [0, 0.1) is 11.8 Å². The third-order valence-electron chi connectivity index (χ3n) is 3.08. The van der Waals surface area contributed by atoms with Crippen LogP contribution in [0.15, 0.2) is 17.0 Å². The first-order valence-electron chi connectivity index (χ1n) is 5.39. The van der Waals surface area contributed by atoms with Gasteiger partial charge in [0.15, 0.2) is 0 Å². The van der Waals surface area contributed by atoms with Crippen molar-refractivity contribution in [3.8, 4) is 0 Å². The van der Waals surface area contributed by atoms with Crippen LogP contribution in [0.5, 0.6) is 0 Å². The fourth-order valence-corrected chi connectivity index (χ4v) is 2.22. The molecule has 2 unspecified atom stereocenters. The van der Waals surface area contributed by atoms with E-state index in [1.54, 1.807) is 12.5 Å². The van der Waals surface area contributed by atoms with Crippen molar-refractivity contribution in [3.63, 3.8) is 0 Å². The van der Waals surface area contributed by atoms with Crippen LogP contribution in [0.4, 0.5) is 0 Å². The molecule has 0 bridgehead atoms. The van der Waals surface area contributed by atoms with Gasteiger partial charge in [-0.15, -0.1) is 0 Å². The number of methoxy groups -OCH3 is 1. The van der Waals surface area contributed by atoms with Crippen molar-refractivity contribution in [3.05, 3.63) is 18.0 Å². The van der Waals surface area contributed by atoms with E-state index < -0.39 is 0 Å². The molecule has 0 radical (unpaired) electrons. The van der Waals surface area contributed by atoms with Crippen LogP contribution in [0.25, 0.3) is 0 Å². The van der Waals surface area contributed by atoms with E-state index in [1.807, 2.05) is 0 Å². The van der Waals surface area contributed by atoms with Gasteiger partial charge in [0.2, 0.25) is 0 Å². The van der Waals surface area contributed by atoms with Crippen LogP contribution < -0.4 is 0 Å². The normalized spacial score (nSPS) is 25.9. The summed E-state index contributed by atoms with van der Waals surface area (Å²) < 4.78 is 9.57. The molecule has 0 aliphatic carbocycles. The lowest BCUT2D eigenvalue weighted by Gasteiger charge is -2.13. The van der Waals surface area contributed by atoms with E-state index in [1.165, 1.54) is 7.11 Å². The molecule has 0 aromatic carbocycles. The molecule has 0 saturated carbocycles. The van der Waals surface area contributed by atoms with E-state index in [0.29, 0.717) is 5.92 Å². The second-order valence-electron chi connectivity index (χ2n) is 4.33. The van der Waals surface area contributed by atoms with Crippen LogP contribution in [0.1, 0.15) is 12.5 Å². The first-order valence-corrected chi connectivity index (χ1v) is 5.39. The summed E-state index contributed by atoms with van der Waals surface area (Å²) in [5.41, 5.74) is 1.04. The van der Waals surface area contributed by atoms with Crippen molar-refractivity contribution in [2.75, 3.05) is 20.2 Å². The minimum absolute atomic E-state index is 0.00939. The van der Waals surface area contributed by atoms with E-state index in [2.05, 4.69) is 17.0 Å². The Morgan fingerprint density at radius 1 is 1.69 bits per heavy atom. The first kappa shape index (κ1) is 11.1. The van der Waals surface area contributed by atoms with Crippen LogP contribution in [-0.2, 0) is 16.1 Å². The highest BCUT2D eigenvalue weighted by Gasteiger charge is 2.35. The van der Waals surface area contributed by atoms with Gasteiger partial charge in [-0.1, -0.05) is 12.1 Å². The lowest BCUT2D eigenvalue weighted by atomic mass is 9.99. The predicted octanol–water partition coefficient (Wildman–Crippen LogP) is 0.916. The van der Waals surface area contributed by atoms with E-state index in [-0.39, 0.29) is 11.9 Å². The number of hydrogen-bond acceptors (Lipinski definition) is 5. The Bertz CT molecular complexity index is 350. The van der Waals surface area contributed by atoms with Crippen LogP contribution in [0.3, 0.4) is 0 Å². The highest BCUT2D eigenvalue weighted by atomic mass is 16.5. The first-order chi connectivity index (χ1) is 7.70. The average Bonchev–Trinajstić information content (AvgIpc) is 2.88. The van der Waals surface area contributed by atoms with Gasteiger partial charge >= 0.3 is 5.97 Å². The molecule has 1 saturated heterocycles. The van der Waals surface area contributed by atoms with Gasteiger partial charge in [-0.05, 0) is 5.92 Å². The van der Waals surface area contributed by atoms with Gasteiger partial charge in [0.05, 0.1) is 19.2 Å². The van der Waals surface area contributed by atoms with Crippen molar-refractivity contribution in [1.82, 2.24) is 10.1 Å². The summed E-state index contributed by atoms with van der Waals surface area (Å²) in [5.74, 6) is 0.220. The summed E-state index contributed by atoms with van der Waals surface area (Å²) in [4.78, 5) is 13.7. The zero-order valence-corrected chi connectivity index (χ0v) is 9.55. The number of likely N-dealkylation sites (tertiary alicyclic amines) is 1. The second kappa shape index (κ2) is 4.65. The fourth-order valence-electron chi connectivity index (χ4n) is 2.22. The molecule has 5 heteroatoms. The summed E-state index contributed by atoms with van der Waals surface area (Å²) in [6.07, 6.45) is 3.34. The van der Waals surface area contributed by atoms with Crippen molar-refractivity contribution in [2.24, 2.45) is 11.8 Å². The molecule has 0 N–H and O–H groups in total. The van der Waals surface area contributed by atoms with Crippen molar-refractivity contribution >= 4 is 5.97 Å². The highest BCUT2D eigenvalue weighted by molar-refractivity contribution is 5.73. The quantitative estimate of drug-likeness (QED) is 0.714. The monoisotopic (exact) mass is 224 g/mol. The molecule has 1 fully saturated rings. The molecule has 2 heterocycles. The number of hydrogen-bond donors (Lipinski definition) is 0. The van der Waals surface area contributed by atoms with Crippen molar-refractivity contribution < 1.29 is 14.1 Å². The zero-order chi connectivity index (χ0) is 11.5. The van der Waals surface area contributed by atoms with Gasteiger partial charge in [0.1, 0.15) is 6.26 Å². The van der Waals surface area contributed by atoms with E-state index in [9.17, 15) is 4.79 Å².